The van der Waals surface area contributed by atoms with Crippen molar-refractivity contribution in [2.45, 2.75) is 46.0 Å². The van der Waals surface area contributed by atoms with E-state index >= 15 is 0 Å². The minimum absolute atomic E-state index is 0.0147. The van der Waals surface area contributed by atoms with Crippen LogP contribution in [0.25, 0.3) is 0 Å². The average molecular weight is 352 g/mol. The highest BCUT2D eigenvalue weighted by Gasteiger charge is 2.10. The third-order valence-corrected chi connectivity index (χ3v) is 3.44. The minimum Gasteiger partial charge on any atom is -0.466 e. The first-order valence-electron chi connectivity index (χ1n) is 8.45. The second-order valence-electron chi connectivity index (χ2n) is 5.60. The van der Waals surface area contributed by atoms with Gasteiger partial charge in [-0.25, -0.2) is 4.39 Å². The van der Waals surface area contributed by atoms with Crippen molar-refractivity contribution in [3.63, 3.8) is 0 Å². The summed E-state index contributed by atoms with van der Waals surface area (Å²) in [5.74, 6) is -1.49. The first kappa shape index (κ1) is 20.6. The number of hydrogen-bond acceptors (Lipinski definition) is 4. The number of benzene rings is 1. The molecule has 0 fully saturated rings. The van der Waals surface area contributed by atoms with Crippen LogP contribution in [0.3, 0.4) is 0 Å². The molecule has 0 aliphatic rings. The van der Waals surface area contributed by atoms with Crippen molar-refractivity contribution >= 4 is 23.5 Å². The molecule has 0 saturated heterocycles. The van der Waals surface area contributed by atoms with Gasteiger partial charge in [0.25, 0.3) is 5.91 Å². The summed E-state index contributed by atoms with van der Waals surface area (Å²) in [6.07, 6.45) is 3.75. The van der Waals surface area contributed by atoms with E-state index in [4.69, 9.17) is 4.74 Å². The number of esters is 1. The zero-order valence-electron chi connectivity index (χ0n) is 14.7. The lowest BCUT2D eigenvalue weighted by Gasteiger charge is -2.08. The highest BCUT2D eigenvalue weighted by Crippen LogP contribution is 2.16. The fraction of sp³-hybridized carbons (Fsp3) is 0.500. The number of hydrogen-bond donors (Lipinski definition) is 2. The maximum Gasteiger partial charge on any atom is 0.305 e. The van der Waals surface area contributed by atoms with E-state index in [-0.39, 0.29) is 23.1 Å². The van der Waals surface area contributed by atoms with Crippen LogP contribution in [-0.2, 0) is 14.3 Å². The summed E-state index contributed by atoms with van der Waals surface area (Å²) >= 11 is 0. The van der Waals surface area contributed by atoms with Crippen molar-refractivity contribution in [3.8, 4) is 0 Å². The van der Waals surface area contributed by atoms with Gasteiger partial charge < -0.3 is 15.4 Å². The van der Waals surface area contributed by atoms with E-state index in [1.165, 1.54) is 19.1 Å². The van der Waals surface area contributed by atoms with E-state index in [0.717, 1.165) is 31.7 Å². The van der Waals surface area contributed by atoms with E-state index in [0.29, 0.717) is 19.6 Å². The number of halogens is 1. The molecule has 2 amide bonds. The van der Waals surface area contributed by atoms with Crippen LogP contribution in [0.2, 0.25) is 0 Å². The summed E-state index contributed by atoms with van der Waals surface area (Å²) in [6.45, 7) is 3.94. The number of carbonyl (C=O) groups is 3. The number of nitrogens with one attached hydrogen (secondary N) is 2. The third-order valence-electron chi connectivity index (χ3n) is 3.44. The Bertz CT molecular complexity index is 605. The number of carbonyl (C=O) groups excluding carboxylic acids is 3. The van der Waals surface area contributed by atoms with Crippen molar-refractivity contribution in [2.24, 2.45) is 0 Å². The first-order chi connectivity index (χ1) is 11.9. The highest BCUT2D eigenvalue weighted by atomic mass is 19.1. The molecule has 0 heterocycles. The van der Waals surface area contributed by atoms with Gasteiger partial charge in [0, 0.05) is 25.5 Å². The van der Waals surface area contributed by atoms with Crippen molar-refractivity contribution < 1.29 is 23.5 Å². The lowest BCUT2D eigenvalue weighted by atomic mass is 10.1. The molecule has 1 rings (SSSR count). The maximum atomic E-state index is 13.5. The molecule has 0 aliphatic carbocycles. The Hall–Kier alpha value is -2.44. The molecule has 138 valence electrons. The Balaban J connectivity index is 2.28. The van der Waals surface area contributed by atoms with Crippen molar-refractivity contribution in [3.05, 3.63) is 29.6 Å². The van der Waals surface area contributed by atoms with Crippen LogP contribution in [0.15, 0.2) is 18.2 Å². The van der Waals surface area contributed by atoms with Gasteiger partial charge in [-0.1, -0.05) is 12.8 Å². The van der Waals surface area contributed by atoms with E-state index in [2.05, 4.69) is 10.6 Å². The predicted molar refractivity (Wildman–Crippen MR) is 92.8 cm³/mol. The zero-order valence-corrected chi connectivity index (χ0v) is 14.7. The molecule has 2 N–H and O–H groups in total. The van der Waals surface area contributed by atoms with Gasteiger partial charge in [0.05, 0.1) is 12.3 Å². The molecular weight excluding hydrogens is 327 g/mol. The number of anilines is 1. The van der Waals surface area contributed by atoms with Gasteiger partial charge in [-0.15, -0.1) is 0 Å². The van der Waals surface area contributed by atoms with Crippen molar-refractivity contribution in [1.29, 1.82) is 0 Å². The highest BCUT2D eigenvalue weighted by molar-refractivity contribution is 5.96. The molecule has 0 radical (unpaired) electrons. The van der Waals surface area contributed by atoms with Gasteiger partial charge in [0.1, 0.15) is 5.82 Å². The third kappa shape index (κ3) is 8.28. The molecule has 1 aromatic carbocycles. The van der Waals surface area contributed by atoms with E-state index < -0.39 is 11.7 Å². The molecule has 0 spiro atoms. The van der Waals surface area contributed by atoms with Crippen molar-refractivity contribution in [1.82, 2.24) is 5.32 Å². The molecule has 0 aromatic heterocycles. The van der Waals surface area contributed by atoms with E-state index in [9.17, 15) is 18.8 Å². The summed E-state index contributed by atoms with van der Waals surface area (Å²) in [7, 11) is 0. The van der Waals surface area contributed by atoms with Crippen LogP contribution < -0.4 is 10.6 Å². The minimum atomic E-state index is -0.589. The van der Waals surface area contributed by atoms with Crippen LogP contribution >= 0.6 is 0 Å². The van der Waals surface area contributed by atoms with E-state index in [1.54, 1.807) is 6.92 Å². The molecular formula is C18H25FN2O4. The Morgan fingerprint density at radius 3 is 2.52 bits per heavy atom. The van der Waals surface area contributed by atoms with Gasteiger partial charge in [0.15, 0.2) is 0 Å². The van der Waals surface area contributed by atoms with Gasteiger partial charge >= 0.3 is 5.97 Å². The molecule has 0 bridgehead atoms. The normalized spacial score (nSPS) is 10.2. The van der Waals surface area contributed by atoms with Gasteiger partial charge in [0.2, 0.25) is 5.91 Å². The van der Waals surface area contributed by atoms with Crippen LogP contribution in [0.5, 0.6) is 0 Å². The van der Waals surface area contributed by atoms with Gasteiger partial charge in [-0.3, -0.25) is 14.4 Å². The van der Waals surface area contributed by atoms with Gasteiger partial charge in [-0.2, -0.15) is 0 Å². The molecule has 0 atom stereocenters. The summed E-state index contributed by atoms with van der Waals surface area (Å²) in [4.78, 5) is 34.2. The fourth-order valence-electron chi connectivity index (χ4n) is 2.24. The second-order valence-corrected chi connectivity index (χ2v) is 5.60. The molecule has 0 unspecified atom stereocenters. The van der Waals surface area contributed by atoms with Crippen LogP contribution in [-0.4, -0.2) is 30.9 Å². The van der Waals surface area contributed by atoms with E-state index in [1.807, 2.05) is 0 Å². The van der Waals surface area contributed by atoms with Gasteiger partial charge in [-0.05, 0) is 38.0 Å². The summed E-state index contributed by atoms with van der Waals surface area (Å²) in [5.41, 5.74) is 0.270. The topological polar surface area (TPSA) is 84.5 Å². The van der Waals surface area contributed by atoms with Crippen molar-refractivity contribution in [2.75, 3.05) is 18.5 Å². The average Bonchev–Trinajstić information content (AvgIpc) is 2.55. The summed E-state index contributed by atoms with van der Waals surface area (Å²) in [5, 5.41) is 5.10. The molecule has 6 nitrogen and oxygen atoms in total. The predicted octanol–water partition coefficient (Wildman–Crippen LogP) is 3.03. The number of rotatable bonds is 10. The summed E-state index contributed by atoms with van der Waals surface area (Å²) in [6, 6.07) is 3.83. The number of ether oxygens (including phenoxy) is 1. The largest absolute Gasteiger partial charge is 0.466 e. The Morgan fingerprint density at radius 2 is 1.84 bits per heavy atom. The number of unbranched alkanes of at least 4 members (excludes halogenated alkanes) is 3. The lowest BCUT2D eigenvalue weighted by Crippen LogP contribution is -2.24. The SMILES string of the molecule is CCOC(=O)CCCCCCNC(=O)c1ccc(F)c(NC(C)=O)c1. The fourth-order valence-corrected chi connectivity index (χ4v) is 2.24. The molecule has 7 heteroatoms. The quantitative estimate of drug-likeness (QED) is 0.501. The zero-order chi connectivity index (χ0) is 18.7. The standard InChI is InChI=1S/C18H25FN2O4/c1-3-25-17(23)8-6-4-5-7-11-20-18(24)14-9-10-15(19)16(12-14)21-13(2)22/h9-10,12H,3-8,11H2,1-2H3,(H,20,24)(H,21,22). The molecule has 0 saturated carbocycles. The smallest absolute Gasteiger partial charge is 0.305 e. The molecule has 0 aliphatic heterocycles. The molecule has 25 heavy (non-hydrogen) atoms. The monoisotopic (exact) mass is 352 g/mol. The van der Waals surface area contributed by atoms with Crippen LogP contribution in [0.4, 0.5) is 10.1 Å². The Morgan fingerprint density at radius 1 is 1.12 bits per heavy atom. The second kappa shape index (κ2) is 11.2. The van der Waals surface area contributed by atoms with Crippen LogP contribution in [0, 0.1) is 5.82 Å². The first-order valence-corrected chi connectivity index (χ1v) is 8.45. The van der Waals surface area contributed by atoms with Crippen LogP contribution in [0.1, 0.15) is 56.3 Å². The Kier molecular flexibility index (Phi) is 9.21. The lowest BCUT2D eigenvalue weighted by molar-refractivity contribution is -0.143. The maximum absolute atomic E-state index is 13.5. The molecule has 1 aromatic rings. The Labute approximate surface area is 147 Å². The summed E-state index contributed by atoms with van der Waals surface area (Å²) < 4.78 is 18.4. The number of amides is 2.